The topological polar surface area (TPSA) is 23.6 Å². The van der Waals surface area contributed by atoms with Gasteiger partial charge in [-0.05, 0) is 45.4 Å². The summed E-state index contributed by atoms with van der Waals surface area (Å²) in [6, 6.07) is 0.732. The average molecular weight is 325 g/mol. The van der Waals surface area contributed by atoms with E-state index in [1.807, 2.05) is 23.9 Å². The number of hydrogen-bond acceptors (Lipinski definition) is 1. The van der Waals surface area contributed by atoms with Crippen LogP contribution in [0, 0.1) is 11.8 Å². The summed E-state index contributed by atoms with van der Waals surface area (Å²) < 4.78 is 0. The first kappa shape index (κ1) is 20.3. The molecule has 136 valence electrons. The Morgan fingerprint density at radius 3 is 2.13 bits per heavy atom. The molecule has 3 atom stereocenters. The minimum absolute atomic E-state index is 0.153. The lowest BCUT2D eigenvalue weighted by Gasteiger charge is -2.34. The Bertz CT molecular complexity index is 343. The van der Waals surface area contributed by atoms with E-state index in [0.29, 0.717) is 6.04 Å². The van der Waals surface area contributed by atoms with Crippen molar-refractivity contribution < 1.29 is 4.79 Å². The van der Waals surface area contributed by atoms with E-state index in [1.54, 1.807) is 0 Å². The molecule has 3 heteroatoms. The molecule has 0 heterocycles. The van der Waals surface area contributed by atoms with Gasteiger partial charge in [-0.15, -0.1) is 0 Å². The van der Waals surface area contributed by atoms with Gasteiger partial charge < -0.3 is 9.80 Å². The fourth-order valence-electron chi connectivity index (χ4n) is 3.77. The van der Waals surface area contributed by atoms with Crippen molar-refractivity contribution in [1.29, 1.82) is 0 Å². The Morgan fingerprint density at radius 2 is 1.52 bits per heavy atom. The zero-order chi connectivity index (χ0) is 17.4. The molecule has 0 saturated heterocycles. The van der Waals surface area contributed by atoms with Crippen molar-refractivity contribution in [3.63, 3.8) is 0 Å². The highest BCUT2D eigenvalue weighted by Gasteiger charge is 2.24. The van der Waals surface area contributed by atoms with E-state index in [9.17, 15) is 4.79 Å². The molecule has 1 aliphatic carbocycles. The minimum Gasteiger partial charge on any atom is -0.325 e. The molecule has 0 aromatic rings. The van der Waals surface area contributed by atoms with Gasteiger partial charge in [-0.25, -0.2) is 4.79 Å². The van der Waals surface area contributed by atoms with Gasteiger partial charge in [-0.3, -0.25) is 0 Å². The van der Waals surface area contributed by atoms with Gasteiger partial charge in [-0.2, -0.15) is 0 Å². The summed E-state index contributed by atoms with van der Waals surface area (Å²) in [4.78, 5) is 16.3. The monoisotopic (exact) mass is 324 g/mol. The van der Waals surface area contributed by atoms with Crippen LogP contribution in [0.4, 0.5) is 4.79 Å². The van der Waals surface area contributed by atoms with Crippen LogP contribution in [0.2, 0.25) is 0 Å². The van der Waals surface area contributed by atoms with Gasteiger partial charge in [0.25, 0.3) is 0 Å². The molecular weight excluding hydrogens is 284 g/mol. The molecule has 3 nitrogen and oxygen atoms in total. The third-order valence-corrected chi connectivity index (χ3v) is 5.76. The quantitative estimate of drug-likeness (QED) is 0.665. The lowest BCUT2D eigenvalue weighted by molar-refractivity contribution is 0.139. The predicted molar refractivity (Wildman–Crippen MR) is 99.7 cm³/mol. The standard InChI is InChI=1S/C20H40N2O/c1-16(2)21(5)20(23)22(6)18(4)15-19-13-11-9-7-8-10-12-17(3)14-19/h16-19H,7-15H2,1-6H3. The summed E-state index contributed by atoms with van der Waals surface area (Å²) >= 11 is 0. The summed E-state index contributed by atoms with van der Waals surface area (Å²) in [5.74, 6) is 1.61. The highest BCUT2D eigenvalue weighted by atomic mass is 16.2. The normalized spacial score (nSPS) is 25.0. The minimum atomic E-state index is 0.153. The Morgan fingerprint density at radius 1 is 0.957 bits per heavy atom. The van der Waals surface area contributed by atoms with Crippen molar-refractivity contribution in [1.82, 2.24) is 9.80 Å². The SMILES string of the molecule is CC1CCCCCCCC(CC(C)N(C)C(=O)N(C)C(C)C)C1. The van der Waals surface area contributed by atoms with Crippen LogP contribution >= 0.6 is 0 Å². The van der Waals surface area contributed by atoms with E-state index < -0.39 is 0 Å². The van der Waals surface area contributed by atoms with Crippen LogP contribution < -0.4 is 0 Å². The molecule has 1 fully saturated rings. The molecular formula is C20H40N2O. The van der Waals surface area contributed by atoms with Crippen LogP contribution in [0.5, 0.6) is 0 Å². The van der Waals surface area contributed by atoms with Crippen LogP contribution in [0.15, 0.2) is 0 Å². The maximum atomic E-state index is 12.5. The molecule has 0 aromatic carbocycles. The van der Waals surface area contributed by atoms with Crippen molar-refractivity contribution in [2.24, 2.45) is 11.8 Å². The van der Waals surface area contributed by atoms with E-state index >= 15 is 0 Å². The second-order valence-corrected chi connectivity index (χ2v) is 8.23. The van der Waals surface area contributed by atoms with Gasteiger partial charge in [-0.1, -0.05) is 51.9 Å². The van der Waals surface area contributed by atoms with E-state index in [2.05, 4.69) is 27.7 Å². The predicted octanol–water partition coefficient (Wildman–Crippen LogP) is 5.54. The second-order valence-electron chi connectivity index (χ2n) is 8.23. The number of carbonyl (C=O) groups is 1. The van der Waals surface area contributed by atoms with E-state index in [-0.39, 0.29) is 12.1 Å². The molecule has 0 aliphatic heterocycles. The highest BCUT2D eigenvalue weighted by molar-refractivity contribution is 5.74. The molecule has 2 amide bonds. The summed E-state index contributed by atoms with van der Waals surface area (Å²) in [5.41, 5.74) is 0. The first-order valence-corrected chi connectivity index (χ1v) is 9.82. The van der Waals surface area contributed by atoms with Crippen LogP contribution in [0.3, 0.4) is 0 Å². The maximum absolute atomic E-state index is 12.5. The zero-order valence-electron chi connectivity index (χ0n) is 16.5. The van der Waals surface area contributed by atoms with Gasteiger partial charge in [0.1, 0.15) is 0 Å². The summed E-state index contributed by atoms with van der Waals surface area (Å²) in [6.07, 6.45) is 12.2. The van der Waals surface area contributed by atoms with Gasteiger partial charge >= 0.3 is 6.03 Å². The van der Waals surface area contributed by atoms with Crippen LogP contribution in [-0.4, -0.2) is 42.0 Å². The van der Waals surface area contributed by atoms with Crippen molar-refractivity contribution >= 4 is 6.03 Å². The first-order chi connectivity index (χ1) is 10.8. The van der Waals surface area contributed by atoms with Gasteiger partial charge in [0.2, 0.25) is 0 Å². The fourth-order valence-corrected chi connectivity index (χ4v) is 3.77. The molecule has 1 rings (SSSR count). The molecule has 0 spiro atoms. The van der Waals surface area contributed by atoms with Gasteiger partial charge in [0.05, 0.1) is 0 Å². The summed E-state index contributed by atoms with van der Waals surface area (Å²) in [5, 5.41) is 0. The number of hydrogen-bond donors (Lipinski definition) is 0. The average Bonchev–Trinajstić information content (AvgIpc) is 2.51. The van der Waals surface area contributed by atoms with Crippen molar-refractivity contribution in [2.75, 3.05) is 14.1 Å². The van der Waals surface area contributed by atoms with E-state index in [4.69, 9.17) is 0 Å². The Balaban J connectivity index is 2.57. The van der Waals surface area contributed by atoms with Crippen molar-refractivity contribution in [3.8, 4) is 0 Å². The fraction of sp³-hybridized carbons (Fsp3) is 0.950. The first-order valence-electron chi connectivity index (χ1n) is 9.82. The molecule has 0 N–H and O–H groups in total. The second kappa shape index (κ2) is 10.2. The van der Waals surface area contributed by atoms with E-state index in [1.165, 1.54) is 51.4 Å². The number of amides is 2. The van der Waals surface area contributed by atoms with Gasteiger partial charge in [0.15, 0.2) is 0 Å². The molecule has 0 aromatic heterocycles. The van der Waals surface area contributed by atoms with Crippen LogP contribution in [0.25, 0.3) is 0 Å². The summed E-state index contributed by atoms with van der Waals surface area (Å²) in [7, 11) is 3.87. The largest absolute Gasteiger partial charge is 0.325 e. The lowest BCUT2D eigenvalue weighted by atomic mass is 9.83. The number of urea groups is 1. The number of nitrogens with zero attached hydrogens (tertiary/aromatic N) is 2. The lowest BCUT2D eigenvalue weighted by Crippen LogP contribution is -2.46. The van der Waals surface area contributed by atoms with E-state index in [0.717, 1.165) is 18.3 Å². The molecule has 23 heavy (non-hydrogen) atoms. The molecule has 0 bridgehead atoms. The Hall–Kier alpha value is -0.730. The maximum Gasteiger partial charge on any atom is 0.319 e. The van der Waals surface area contributed by atoms with Crippen LogP contribution in [0.1, 0.15) is 85.5 Å². The smallest absolute Gasteiger partial charge is 0.319 e. The molecule has 1 aliphatic rings. The molecule has 0 radical (unpaired) electrons. The molecule has 3 unspecified atom stereocenters. The number of rotatable bonds is 4. The van der Waals surface area contributed by atoms with Crippen LogP contribution in [-0.2, 0) is 0 Å². The third kappa shape index (κ3) is 7.14. The van der Waals surface area contributed by atoms with Gasteiger partial charge in [0, 0.05) is 26.2 Å². The zero-order valence-corrected chi connectivity index (χ0v) is 16.5. The Labute approximate surface area is 144 Å². The Kier molecular flexibility index (Phi) is 9.01. The highest BCUT2D eigenvalue weighted by Crippen LogP contribution is 2.29. The van der Waals surface area contributed by atoms with Crippen molar-refractivity contribution in [2.45, 2.75) is 97.6 Å². The summed E-state index contributed by atoms with van der Waals surface area (Å²) in [6.45, 7) is 8.77. The number of carbonyl (C=O) groups excluding carboxylic acids is 1. The third-order valence-electron chi connectivity index (χ3n) is 5.76. The van der Waals surface area contributed by atoms with Crippen molar-refractivity contribution in [3.05, 3.63) is 0 Å². The molecule has 1 saturated carbocycles.